The molecule has 1 aromatic carbocycles. The second-order valence-electron chi connectivity index (χ2n) is 5.33. The Bertz CT molecular complexity index is 699. The molecule has 2 N–H and O–H groups in total. The van der Waals surface area contributed by atoms with Crippen molar-refractivity contribution in [2.75, 3.05) is 6.54 Å². The molecule has 1 saturated heterocycles. The molecule has 1 atom stereocenters. The molecule has 3 rings (SSSR count). The van der Waals surface area contributed by atoms with Gasteiger partial charge in [-0.25, -0.2) is 18.0 Å². The molecule has 112 valence electrons. The summed E-state index contributed by atoms with van der Waals surface area (Å²) in [6.07, 6.45) is -0.0514. The van der Waals surface area contributed by atoms with Gasteiger partial charge < -0.3 is 10.1 Å². The molecule has 0 unspecified atom stereocenters. The number of amides is 1. The molecule has 0 aliphatic carbocycles. The maximum absolute atomic E-state index is 13.4. The number of aromatic nitrogens is 1. The van der Waals surface area contributed by atoms with Crippen LogP contribution in [0, 0.1) is 5.82 Å². The van der Waals surface area contributed by atoms with Crippen molar-refractivity contribution in [1.82, 2.24) is 9.88 Å². The van der Waals surface area contributed by atoms with Gasteiger partial charge in [0.1, 0.15) is 5.82 Å². The van der Waals surface area contributed by atoms with Crippen molar-refractivity contribution in [2.24, 2.45) is 0 Å². The lowest BCUT2D eigenvalue weighted by Crippen LogP contribution is -2.36. The third kappa shape index (κ3) is 2.55. The van der Waals surface area contributed by atoms with Gasteiger partial charge in [0.05, 0.1) is 6.54 Å². The molecule has 1 aliphatic heterocycles. The van der Waals surface area contributed by atoms with Gasteiger partial charge in [0.15, 0.2) is 0 Å². The Hall–Kier alpha value is -2.18. The Morgan fingerprint density at radius 1 is 1.48 bits per heavy atom. The summed E-state index contributed by atoms with van der Waals surface area (Å²) in [5, 5.41) is 9.75. The van der Waals surface area contributed by atoms with E-state index < -0.39 is 36.8 Å². The standard InChI is InChI=1S/C14H13F3N2O2/c15-9-1-2-11-8(6-18-12(11)4-9)3-10-5-14(16,17)7-19(10)13(20)21/h1-2,4,6,10,18H,3,5,7H2,(H,20,21)/t10-/m1/s1. The van der Waals surface area contributed by atoms with Gasteiger partial charge >= 0.3 is 6.09 Å². The molecule has 0 spiro atoms. The van der Waals surface area contributed by atoms with E-state index in [1.165, 1.54) is 12.1 Å². The smallest absolute Gasteiger partial charge is 0.407 e. The van der Waals surface area contributed by atoms with E-state index in [4.69, 9.17) is 5.11 Å². The zero-order valence-electron chi connectivity index (χ0n) is 10.9. The van der Waals surface area contributed by atoms with Crippen LogP contribution in [0.25, 0.3) is 10.9 Å². The lowest BCUT2D eigenvalue weighted by Gasteiger charge is -2.20. The molecule has 4 nitrogen and oxygen atoms in total. The number of benzene rings is 1. The molecule has 1 aliphatic rings. The predicted molar refractivity (Wildman–Crippen MR) is 70.0 cm³/mol. The van der Waals surface area contributed by atoms with E-state index in [1.54, 1.807) is 12.3 Å². The van der Waals surface area contributed by atoms with Gasteiger partial charge in [-0.05, 0) is 30.2 Å². The van der Waals surface area contributed by atoms with Crippen LogP contribution in [0.4, 0.5) is 18.0 Å². The van der Waals surface area contributed by atoms with Crippen molar-refractivity contribution in [3.8, 4) is 0 Å². The number of carboxylic acid groups (broad SMARTS) is 1. The van der Waals surface area contributed by atoms with Crippen LogP contribution in [-0.2, 0) is 6.42 Å². The first-order chi connectivity index (χ1) is 9.85. The molecule has 21 heavy (non-hydrogen) atoms. The number of H-pyrrole nitrogens is 1. The van der Waals surface area contributed by atoms with Crippen LogP contribution in [0.1, 0.15) is 12.0 Å². The average Bonchev–Trinajstić information content (AvgIpc) is 2.90. The molecular weight excluding hydrogens is 285 g/mol. The van der Waals surface area contributed by atoms with Crippen molar-refractivity contribution in [3.05, 3.63) is 35.8 Å². The van der Waals surface area contributed by atoms with E-state index in [-0.39, 0.29) is 6.42 Å². The summed E-state index contributed by atoms with van der Waals surface area (Å²) < 4.78 is 40.0. The maximum Gasteiger partial charge on any atom is 0.407 e. The minimum atomic E-state index is -3.00. The molecule has 1 fully saturated rings. The second-order valence-corrected chi connectivity index (χ2v) is 5.33. The Labute approximate surface area is 118 Å². The van der Waals surface area contributed by atoms with Crippen molar-refractivity contribution in [1.29, 1.82) is 0 Å². The molecule has 1 amide bonds. The minimum absolute atomic E-state index is 0.174. The summed E-state index contributed by atoms with van der Waals surface area (Å²) in [6, 6.07) is 3.39. The van der Waals surface area contributed by atoms with E-state index in [0.29, 0.717) is 11.1 Å². The van der Waals surface area contributed by atoms with Crippen LogP contribution in [0.3, 0.4) is 0 Å². The van der Waals surface area contributed by atoms with Gasteiger partial charge in [-0.1, -0.05) is 0 Å². The van der Waals surface area contributed by atoms with Crippen molar-refractivity contribution < 1.29 is 23.1 Å². The lowest BCUT2D eigenvalue weighted by molar-refractivity contribution is 0.0126. The number of rotatable bonds is 2. The van der Waals surface area contributed by atoms with Crippen molar-refractivity contribution in [3.63, 3.8) is 0 Å². The SMILES string of the molecule is O=C(O)N1CC(F)(F)C[C@H]1Cc1c[nH]c2cc(F)ccc12. The fraction of sp³-hybridized carbons (Fsp3) is 0.357. The normalized spacial score (nSPS) is 21.1. The quantitative estimate of drug-likeness (QED) is 0.894. The largest absolute Gasteiger partial charge is 0.465 e. The number of hydrogen-bond donors (Lipinski definition) is 2. The molecule has 2 aromatic rings. The molecule has 0 bridgehead atoms. The highest BCUT2D eigenvalue weighted by molar-refractivity contribution is 5.83. The van der Waals surface area contributed by atoms with Gasteiger partial charge in [-0.15, -0.1) is 0 Å². The molecule has 7 heteroatoms. The van der Waals surface area contributed by atoms with Crippen LogP contribution in [0.2, 0.25) is 0 Å². The molecule has 0 radical (unpaired) electrons. The summed E-state index contributed by atoms with van der Waals surface area (Å²) >= 11 is 0. The van der Waals surface area contributed by atoms with Crippen LogP contribution >= 0.6 is 0 Å². The highest BCUT2D eigenvalue weighted by atomic mass is 19.3. The van der Waals surface area contributed by atoms with E-state index >= 15 is 0 Å². The summed E-state index contributed by atoms with van der Waals surface area (Å²) in [7, 11) is 0. The zero-order chi connectivity index (χ0) is 15.2. The lowest BCUT2D eigenvalue weighted by atomic mass is 10.0. The fourth-order valence-corrected chi connectivity index (χ4v) is 2.89. The summed E-state index contributed by atoms with van der Waals surface area (Å²) in [5.74, 6) is -3.39. The number of nitrogens with one attached hydrogen (secondary N) is 1. The minimum Gasteiger partial charge on any atom is -0.465 e. The first-order valence-electron chi connectivity index (χ1n) is 6.49. The van der Waals surface area contributed by atoms with Crippen LogP contribution in [-0.4, -0.2) is 39.6 Å². The van der Waals surface area contributed by atoms with E-state index in [1.807, 2.05) is 0 Å². The van der Waals surface area contributed by atoms with E-state index in [9.17, 15) is 18.0 Å². The number of halogens is 3. The van der Waals surface area contributed by atoms with Crippen LogP contribution in [0.15, 0.2) is 24.4 Å². The highest BCUT2D eigenvalue weighted by Crippen LogP contribution is 2.34. The Balaban J connectivity index is 1.89. The van der Waals surface area contributed by atoms with Gasteiger partial charge in [0, 0.05) is 29.6 Å². The Kier molecular flexibility index (Phi) is 3.07. The van der Waals surface area contributed by atoms with Gasteiger partial charge in [-0.3, -0.25) is 4.90 Å². The number of nitrogens with zero attached hydrogens (tertiary/aromatic N) is 1. The second kappa shape index (κ2) is 4.68. The van der Waals surface area contributed by atoms with E-state index in [0.717, 1.165) is 10.3 Å². The van der Waals surface area contributed by atoms with Gasteiger partial charge in [0.25, 0.3) is 5.92 Å². The van der Waals surface area contributed by atoms with Crippen LogP contribution in [0.5, 0.6) is 0 Å². The zero-order valence-corrected chi connectivity index (χ0v) is 10.9. The van der Waals surface area contributed by atoms with Crippen molar-refractivity contribution >= 4 is 17.0 Å². The highest BCUT2D eigenvalue weighted by Gasteiger charge is 2.47. The molecular formula is C14H13F3N2O2. The van der Waals surface area contributed by atoms with Crippen LogP contribution < -0.4 is 0 Å². The van der Waals surface area contributed by atoms with E-state index in [2.05, 4.69) is 4.98 Å². The topological polar surface area (TPSA) is 56.3 Å². The third-order valence-electron chi connectivity index (χ3n) is 3.81. The average molecular weight is 298 g/mol. The van der Waals surface area contributed by atoms with Gasteiger partial charge in [-0.2, -0.15) is 0 Å². The van der Waals surface area contributed by atoms with Gasteiger partial charge in [0.2, 0.25) is 0 Å². The predicted octanol–water partition coefficient (Wildman–Crippen LogP) is 3.24. The number of hydrogen-bond acceptors (Lipinski definition) is 1. The number of fused-ring (bicyclic) bond motifs is 1. The Morgan fingerprint density at radius 3 is 2.95 bits per heavy atom. The summed E-state index contributed by atoms with van der Waals surface area (Å²) in [4.78, 5) is 14.7. The third-order valence-corrected chi connectivity index (χ3v) is 3.81. The molecule has 2 heterocycles. The monoisotopic (exact) mass is 298 g/mol. The first-order valence-corrected chi connectivity index (χ1v) is 6.49. The summed E-state index contributed by atoms with van der Waals surface area (Å²) in [6.45, 7) is -0.774. The number of aromatic amines is 1. The number of alkyl halides is 2. The molecule has 1 aromatic heterocycles. The fourth-order valence-electron chi connectivity index (χ4n) is 2.89. The van der Waals surface area contributed by atoms with Crippen molar-refractivity contribution in [2.45, 2.75) is 24.8 Å². The Morgan fingerprint density at radius 2 is 2.24 bits per heavy atom. The number of carbonyl (C=O) groups is 1. The first kappa shape index (κ1) is 13.8. The molecule has 0 saturated carbocycles. The maximum atomic E-state index is 13.4. The summed E-state index contributed by atoms with van der Waals surface area (Å²) in [5.41, 5.74) is 1.27. The number of likely N-dealkylation sites (tertiary alicyclic amines) is 1.